The van der Waals surface area contributed by atoms with Gasteiger partial charge >= 0.3 is 40.8 Å². The normalized spacial score (nSPS) is 13.2. The molecule has 0 aliphatic rings. The number of para-hydroxylation sites is 3. The molecule has 16 heteroatoms. The van der Waals surface area contributed by atoms with Crippen LogP contribution in [0.1, 0.15) is 290 Å². The number of rotatable bonds is 54. The smallest absolute Gasteiger partial charge is 0.746 e. The SMILES string of the molecule is CCCCCCCCCCCCCCCCOP(=O)([O-])Oc1ccccc1.CCCCCCCCCCCCCCCCOP(=O)([O-])Oc1ccccc1.CCCCCCCCCCCCCCCCOP(=O)([O-])Oc1ccccc1.[Al+3]. The van der Waals surface area contributed by atoms with E-state index in [1.165, 1.54) is 212 Å². The van der Waals surface area contributed by atoms with Gasteiger partial charge in [0, 0.05) is 0 Å². The topological polar surface area (TPSA) is 176 Å². The Bertz CT molecular complexity index is 1700. The van der Waals surface area contributed by atoms with E-state index < -0.39 is 23.5 Å². The first-order chi connectivity index (χ1) is 39.4. The first kappa shape index (κ1) is 80.0. The van der Waals surface area contributed by atoms with E-state index in [1.807, 2.05) is 0 Å². The van der Waals surface area contributed by atoms with E-state index in [4.69, 9.17) is 27.1 Å². The van der Waals surface area contributed by atoms with Crippen molar-refractivity contribution in [3.63, 3.8) is 0 Å². The Morgan fingerprint density at radius 2 is 0.402 bits per heavy atom. The van der Waals surface area contributed by atoms with Crippen LogP contribution >= 0.6 is 23.5 Å². The molecule has 0 aromatic heterocycles. The van der Waals surface area contributed by atoms with E-state index >= 15 is 0 Å². The molecule has 0 fully saturated rings. The predicted molar refractivity (Wildman–Crippen MR) is 339 cm³/mol. The molecule has 0 saturated heterocycles. The zero-order valence-corrected chi connectivity index (χ0v) is 55.6. The van der Waals surface area contributed by atoms with E-state index in [-0.39, 0.29) is 54.4 Å². The molecule has 3 aromatic carbocycles. The molecule has 0 heterocycles. The van der Waals surface area contributed by atoms with E-state index in [1.54, 1.807) is 91.0 Å². The Kier molecular flexibility index (Phi) is 56.7. The number of hydrogen-bond acceptors (Lipinski definition) is 12. The Morgan fingerprint density at radius 3 is 0.561 bits per heavy atom. The molecule has 0 bridgehead atoms. The van der Waals surface area contributed by atoms with Gasteiger partial charge in [-0.05, 0) is 55.7 Å². The van der Waals surface area contributed by atoms with Crippen molar-refractivity contribution in [1.29, 1.82) is 0 Å². The summed E-state index contributed by atoms with van der Waals surface area (Å²) in [7, 11) is -12.8. The summed E-state index contributed by atoms with van der Waals surface area (Å²) < 4.78 is 64.6. The number of benzene rings is 3. The molecule has 3 atom stereocenters. The number of phosphoric acid groups is 3. The van der Waals surface area contributed by atoms with Crippen LogP contribution in [0.2, 0.25) is 0 Å². The molecule has 82 heavy (non-hydrogen) atoms. The number of phosphoric ester groups is 3. The average molecular weight is 1220 g/mol. The van der Waals surface area contributed by atoms with Crippen molar-refractivity contribution in [2.75, 3.05) is 19.8 Å². The van der Waals surface area contributed by atoms with Gasteiger partial charge in [-0.3, -0.25) is 13.7 Å². The third-order valence-corrected chi connectivity index (χ3v) is 16.9. The number of unbranched alkanes of at least 4 members (excludes halogenated alkanes) is 39. The average Bonchev–Trinajstić information content (AvgIpc) is 3.46. The van der Waals surface area contributed by atoms with Crippen LogP contribution in [0.3, 0.4) is 0 Å². The summed E-state index contributed by atoms with van der Waals surface area (Å²) in [6.45, 7) is 7.38. The summed E-state index contributed by atoms with van der Waals surface area (Å²) >= 11 is 0. The fraction of sp³-hybridized carbons (Fsp3) is 0.727. The Labute approximate surface area is 512 Å². The van der Waals surface area contributed by atoms with Gasteiger partial charge in [0.2, 0.25) is 0 Å². The molecule has 0 aliphatic heterocycles. The van der Waals surface area contributed by atoms with Gasteiger partial charge < -0.3 is 41.8 Å². The standard InChI is InChI=1S/3C22H39O4P.Al/c3*1-2-3-4-5-6-7-8-9-10-11-12-13-14-18-21-25-27(23,24)26-22-19-16-15-17-20-22;/h3*15-17,19-20H,2-14,18,21H2,1H3,(H,23,24);/q;;;+3/p-3. The van der Waals surface area contributed by atoms with E-state index in [2.05, 4.69) is 20.8 Å². The van der Waals surface area contributed by atoms with Crippen LogP contribution in [-0.2, 0) is 27.3 Å². The molecule has 0 spiro atoms. The largest absolute Gasteiger partial charge is 3.00 e. The van der Waals surface area contributed by atoms with Crippen LogP contribution in [0.4, 0.5) is 0 Å². The second-order valence-corrected chi connectivity index (χ2v) is 25.8. The minimum atomic E-state index is -4.25. The molecule has 0 amide bonds. The zero-order valence-electron chi connectivity index (χ0n) is 51.8. The third kappa shape index (κ3) is 55.9. The Morgan fingerprint density at radius 1 is 0.256 bits per heavy atom. The molecular formula is C66H114AlO12P3. The van der Waals surface area contributed by atoms with Gasteiger partial charge in [0.25, 0.3) is 0 Å². The molecule has 12 nitrogen and oxygen atoms in total. The van der Waals surface area contributed by atoms with Crippen LogP contribution in [0.25, 0.3) is 0 Å². The van der Waals surface area contributed by atoms with Crippen LogP contribution < -0.4 is 28.3 Å². The maximum atomic E-state index is 11.7. The van der Waals surface area contributed by atoms with Gasteiger partial charge in [-0.15, -0.1) is 0 Å². The predicted octanol–water partition coefficient (Wildman–Crippen LogP) is 20.7. The van der Waals surface area contributed by atoms with Crippen LogP contribution in [0, 0.1) is 0 Å². The van der Waals surface area contributed by atoms with Crippen LogP contribution in [-0.4, -0.2) is 37.2 Å². The van der Waals surface area contributed by atoms with Gasteiger partial charge in [0.15, 0.2) is 0 Å². The summed E-state index contributed by atoms with van der Waals surface area (Å²) in [5.41, 5.74) is 0. The molecule has 0 radical (unpaired) electrons. The molecule has 0 aliphatic carbocycles. The summed E-state index contributed by atoms with van der Waals surface area (Å²) in [6, 6.07) is 25.3. The fourth-order valence-electron chi connectivity index (χ4n) is 9.33. The van der Waals surface area contributed by atoms with Gasteiger partial charge in [-0.25, -0.2) is 0 Å². The molecule has 0 saturated carbocycles. The van der Waals surface area contributed by atoms with Gasteiger partial charge in [-0.2, -0.15) is 0 Å². The van der Waals surface area contributed by atoms with Crippen LogP contribution in [0.5, 0.6) is 17.2 Å². The van der Waals surface area contributed by atoms with Crippen molar-refractivity contribution < 1.29 is 55.5 Å². The van der Waals surface area contributed by atoms with E-state index in [0.717, 1.165) is 57.8 Å². The molecule has 468 valence electrons. The van der Waals surface area contributed by atoms with E-state index in [9.17, 15) is 28.4 Å². The van der Waals surface area contributed by atoms with E-state index in [0.29, 0.717) is 0 Å². The van der Waals surface area contributed by atoms with Crippen LogP contribution in [0.15, 0.2) is 91.0 Å². The van der Waals surface area contributed by atoms with Crippen molar-refractivity contribution >= 4 is 40.8 Å². The van der Waals surface area contributed by atoms with Crippen molar-refractivity contribution in [3.05, 3.63) is 91.0 Å². The van der Waals surface area contributed by atoms with Crippen molar-refractivity contribution in [3.8, 4) is 17.2 Å². The Balaban J connectivity index is 0.00000119. The third-order valence-electron chi connectivity index (χ3n) is 14.1. The second kappa shape index (κ2) is 58.1. The fourth-order valence-corrected chi connectivity index (χ4v) is 11.7. The summed E-state index contributed by atoms with van der Waals surface area (Å²) in [5, 5.41) is 0. The summed E-state index contributed by atoms with van der Waals surface area (Å²) in [4.78, 5) is 35.2. The zero-order chi connectivity index (χ0) is 58.9. The number of hydrogen-bond donors (Lipinski definition) is 0. The van der Waals surface area contributed by atoms with Crippen molar-refractivity contribution in [2.24, 2.45) is 0 Å². The minimum Gasteiger partial charge on any atom is -0.746 e. The maximum Gasteiger partial charge on any atom is 3.00 e. The summed E-state index contributed by atoms with van der Waals surface area (Å²) in [5.74, 6) is 0.866. The second-order valence-electron chi connectivity index (χ2n) is 21.8. The van der Waals surface area contributed by atoms with Gasteiger partial charge in [0.1, 0.15) is 17.2 Å². The van der Waals surface area contributed by atoms with Crippen molar-refractivity contribution in [2.45, 2.75) is 290 Å². The quantitative estimate of drug-likeness (QED) is 0.0297. The Hall–Kier alpha value is -1.96. The summed E-state index contributed by atoms with van der Waals surface area (Å²) in [6.07, 6.45) is 53.3. The first-order valence-corrected chi connectivity index (χ1v) is 36.9. The molecule has 3 aromatic rings. The molecular weight excluding hydrogens is 1100 g/mol. The van der Waals surface area contributed by atoms with Gasteiger partial charge in [0.05, 0.1) is 19.8 Å². The first-order valence-electron chi connectivity index (χ1n) is 32.5. The monoisotopic (exact) mass is 1220 g/mol. The maximum absolute atomic E-state index is 11.7. The van der Waals surface area contributed by atoms with Gasteiger partial charge in [-0.1, -0.05) is 326 Å². The van der Waals surface area contributed by atoms with Crippen molar-refractivity contribution in [1.82, 2.24) is 0 Å². The molecule has 0 N–H and O–H groups in total. The molecule has 3 rings (SSSR count). The minimum absolute atomic E-state index is 0. The molecule has 3 unspecified atom stereocenters.